The average molecular weight is 297 g/mol. The van der Waals surface area contributed by atoms with Crippen LogP contribution < -0.4 is 4.90 Å². The van der Waals surface area contributed by atoms with E-state index in [4.69, 9.17) is 0 Å². The number of para-hydroxylation sites is 1. The van der Waals surface area contributed by atoms with Gasteiger partial charge in [0, 0.05) is 32.5 Å². The third-order valence-corrected chi connectivity index (χ3v) is 3.70. The van der Waals surface area contributed by atoms with E-state index in [1.165, 1.54) is 0 Å². The molecule has 116 valence electrons. The van der Waals surface area contributed by atoms with Crippen LogP contribution in [0.25, 0.3) is 0 Å². The van der Waals surface area contributed by atoms with E-state index in [9.17, 15) is 4.79 Å². The average Bonchev–Trinajstić information content (AvgIpc) is 2.59. The Labute approximate surface area is 132 Å². The molecule has 0 atom stereocenters. The van der Waals surface area contributed by atoms with Gasteiger partial charge in [-0.2, -0.15) is 0 Å². The van der Waals surface area contributed by atoms with E-state index in [2.05, 4.69) is 11.9 Å². The van der Waals surface area contributed by atoms with Crippen LogP contribution in [0.5, 0.6) is 0 Å². The summed E-state index contributed by atoms with van der Waals surface area (Å²) in [6.45, 7) is 2.89. The summed E-state index contributed by atoms with van der Waals surface area (Å²) in [6, 6.07) is 11.9. The van der Waals surface area contributed by atoms with Gasteiger partial charge >= 0.3 is 0 Å². The van der Waals surface area contributed by atoms with Crippen molar-refractivity contribution in [3.05, 3.63) is 54.4 Å². The Kier molecular flexibility index (Phi) is 5.53. The molecular weight excluding hydrogens is 274 g/mol. The zero-order valence-corrected chi connectivity index (χ0v) is 13.5. The minimum absolute atomic E-state index is 0.0178. The summed E-state index contributed by atoms with van der Waals surface area (Å²) in [5, 5.41) is 0. The van der Waals surface area contributed by atoms with Crippen LogP contribution in [0.1, 0.15) is 30.1 Å². The van der Waals surface area contributed by atoms with Crippen LogP contribution >= 0.6 is 0 Å². The monoisotopic (exact) mass is 297 g/mol. The Balaban J connectivity index is 2.18. The second-order valence-electron chi connectivity index (χ2n) is 5.41. The van der Waals surface area contributed by atoms with Gasteiger partial charge in [0.2, 0.25) is 0 Å². The van der Waals surface area contributed by atoms with Gasteiger partial charge in [0.15, 0.2) is 0 Å². The Morgan fingerprint density at radius 2 is 1.82 bits per heavy atom. The maximum absolute atomic E-state index is 12.4. The molecule has 0 aliphatic heterocycles. The molecule has 1 amide bonds. The summed E-state index contributed by atoms with van der Waals surface area (Å²) in [4.78, 5) is 20.4. The van der Waals surface area contributed by atoms with Gasteiger partial charge in [0.25, 0.3) is 5.91 Å². The number of nitrogens with zero attached hydrogens (tertiary/aromatic N) is 3. The van der Waals surface area contributed by atoms with E-state index >= 15 is 0 Å². The van der Waals surface area contributed by atoms with Crippen molar-refractivity contribution in [3.63, 3.8) is 0 Å². The molecule has 1 aromatic heterocycles. The summed E-state index contributed by atoms with van der Waals surface area (Å²) >= 11 is 0. The molecule has 0 fully saturated rings. The smallest absolute Gasteiger partial charge is 0.255 e. The van der Waals surface area contributed by atoms with Crippen LogP contribution in [0.2, 0.25) is 0 Å². The van der Waals surface area contributed by atoms with E-state index in [1.54, 1.807) is 17.3 Å². The number of pyridine rings is 1. The van der Waals surface area contributed by atoms with Crippen LogP contribution in [-0.4, -0.2) is 36.4 Å². The number of aromatic nitrogens is 1. The molecule has 0 bridgehead atoms. The highest BCUT2D eigenvalue weighted by atomic mass is 16.2. The van der Waals surface area contributed by atoms with Crippen molar-refractivity contribution in [1.29, 1.82) is 0 Å². The zero-order chi connectivity index (χ0) is 15.9. The molecule has 0 radical (unpaired) electrons. The number of benzene rings is 1. The molecule has 22 heavy (non-hydrogen) atoms. The normalized spacial score (nSPS) is 10.3. The lowest BCUT2D eigenvalue weighted by atomic mass is 10.2. The van der Waals surface area contributed by atoms with Crippen LogP contribution in [0, 0.1) is 0 Å². The van der Waals surface area contributed by atoms with E-state index in [0.717, 1.165) is 30.8 Å². The molecule has 2 rings (SSSR count). The fourth-order valence-corrected chi connectivity index (χ4v) is 2.25. The minimum atomic E-state index is 0.0178. The highest BCUT2D eigenvalue weighted by Gasteiger charge is 2.13. The summed E-state index contributed by atoms with van der Waals surface area (Å²) in [5.74, 6) is 0.0178. The topological polar surface area (TPSA) is 36.4 Å². The molecule has 0 spiro atoms. The van der Waals surface area contributed by atoms with Gasteiger partial charge in [-0.1, -0.05) is 31.5 Å². The van der Waals surface area contributed by atoms with Crippen molar-refractivity contribution in [2.75, 3.05) is 25.5 Å². The van der Waals surface area contributed by atoms with E-state index in [0.29, 0.717) is 5.56 Å². The van der Waals surface area contributed by atoms with Gasteiger partial charge in [-0.15, -0.1) is 0 Å². The number of carbonyl (C=O) groups is 1. The SMILES string of the molecule is CCCCN(C)C(=O)c1cncc(N(C)c2ccccc2)c1. The van der Waals surface area contributed by atoms with Crippen molar-refractivity contribution in [3.8, 4) is 0 Å². The van der Waals surface area contributed by atoms with Crippen LogP contribution in [0.3, 0.4) is 0 Å². The molecule has 0 aliphatic rings. The van der Waals surface area contributed by atoms with Crippen LogP contribution in [0.4, 0.5) is 11.4 Å². The molecule has 4 nitrogen and oxygen atoms in total. The number of carbonyl (C=O) groups excluding carboxylic acids is 1. The molecule has 0 N–H and O–H groups in total. The predicted octanol–water partition coefficient (Wildman–Crippen LogP) is 3.72. The third kappa shape index (κ3) is 3.85. The second kappa shape index (κ2) is 7.59. The number of amides is 1. The number of anilines is 2. The lowest BCUT2D eigenvalue weighted by molar-refractivity contribution is 0.0793. The number of unbranched alkanes of at least 4 members (excludes halogenated alkanes) is 1. The number of rotatable bonds is 6. The van der Waals surface area contributed by atoms with Crippen molar-refractivity contribution >= 4 is 17.3 Å². The lowest BCUT2D eigenvalue weighted by Crippen LogP contribution is -2.28. The number of hydrogen-bond acceptors (Lipinski definition) is 3. The van der Waals surface area contributed by atoms with E-state index in [1.807, 2.05) is 55.4 Å². The largest absolute Gasteiger partial charge is 0.343 e. The summed E-state index contributed by atoms with van der Waals surface area (Å²) < 4.78 is 0. The molecule has 4 heteroatoms. The Bertz CT molecular complexity index is 613. The van der Waals surface area contributed by atoms with Gasteiger partial charge in [-0.3, -0.25) is 9.78 Å². The second-order valence-corrected chi connectivity index (χ2v) is 5.41. The maximum atomic E-state index is 12.4. The van der Waals surface area contributed by atoms with Crippen molar-refractivity contribution in [2.45, 2.75) is 19.8 Å². The zero-order valence-electron chi connectivity index (χ0n) is 13.5. The molecule has 1 heterocycles. The Morgan fingerprint density at radius 1 is 1.09 bits per heavy atom. The fraction of sp³-hybridized carbons (Fsp3) is 0.333. The quantitative estimate of drug-likeness (QED) is 0.815. The lowest BCUT2D eigenvalue weighted by Gasteiger charge is -2.21. The molecule has 0 unspecified atom stereocenters. The van der Waals surface area contributed by atoms with Gasteiger partial charge in [-0.25, -0.2) is 0 Å². The van der Waals surface area contributed by atoms with Gasteiger partial charge < -0.3 is 9.80 Å². The fourth-order valence-electron chi connectivity index (χ4n) is 2.25. The molecule has 0 aliphatic carbocycles. The Morgan fingerprint density at radius 3 is 2.50 bits per heavy atom. The molecule has 0 saturated heterocycles. The van der Waals surface area contributed by atoms with Gasteiger partial charge in [0.1, 0.15) is 0 Å². The van der Waals surface area contributed by atoms with E-state index < -0.39 is 0 Å². The highest BCUT2D eigenvalue weighted by molar-refractivity contribution is 5.94. The molecule has 0 saturated carbocycles. The summed E-state index contributed by atoms with van der Waals surface area (Å²) in [7, 11) is 3.81. The van der Waals surface area contributed by atoms with Crippen molar-refractivity contribution in [2.24, 2.45) is 0 Å². The minimum Gasteiger partial charge on any atom is -0.343 e. The number of hydrogen-bond donors (Lipinski definition) is 0. The predicted molar refractivity (Wildman–Crippen MR) is 90.6 cm³/mol. The van der Waals surface area contributed by atoms with Crippen LogP contribution in [0.15, 0.2) is 48.8 Å². The van der Waals surface area contributed by atoms with Gasteiger partial charge in [0.05, 0.1) is 17.4 Å². The van der Waals surface area contributed by atoms with E-state index in [-0.39, 0.29) is 5.91 Å². The van der Waals surface area contributed by atoms with Crippen molar-refractivity contribution in [1.82, 2.24) is 9.88 Å². The molecule has 1 aromatic carbocycles. The maximum Gasteiger partial charge on any atom is 0.255 e. The molecular formula is C18H23N3O. The van der Waals surface area contributed by atoms with Crippen molar-refractivity contribution < 1.29 is 4.79 Å². The first-order valence-corrected chi connectivity index (χ1v) is 7.62. The highest BCUT2D eigenvalue weighted by Crippen LogP contribution is 2.23. The third-order valence-electron chi connectivity index (χ3n) is 3.70. The first kappa shape index (κ1) is 16.0. The van der Waals surface area contributed by atoms with Gasteiger partial charge in [-0.05, 0) is 24.6 Å². The first-order valence-electron chi connectivity index (χ1n) is 7.62. The Hall–Kier alpha value is -2.36. The summed E-state index contributed by atoms with van der Waals surface area (Å²) in [5.41, 5.74) is 2.59. The molecule has 2 aromatic rings. The first-order chi connectivity index (χ1) is 10.6. The van der Waals surface area contributed by atoms with Crippen LogP contribution in [-0.2, 0) is 0 Å². The standard InChI is InChI=1S/C18H23N3O/c1-4-5-11-20(2)18(22)15-12-17(14-19-13-15)21(3)16-9-7-6-8-10-16/h6-10,12-14H,4-5,11H2,1-3H3. The summed E-state index contributed by atoms with van der Waals surface area (Å²) in [6.07, 6.45) is 5.49.